The summed E-state index contributed by atoms with van der Waals surface area (Å²) in [6, 6.07) is 4.90. The second kappa shape index (κ2) is 7.71. The van der Waals surface area contributed by atoms with Crippen LogP contribution in [0.25, 0.3) is 0 Å². The van der Waals surface area contributed by atoms with E-state index in [-0.39, 0.29) is 16.2 Å². The van der Waals surface area contributed by atoms with E-state index < -0.39 is 9.04 Å². The summed E-state index contributed by atoms with van der Waals surface area (Å²) in [6.45, 7) is 21.0. The van der Waals surface area contributed by atoms with Crippen molar-refractivity contribution < 1.29 is 4.43 Å². The highest BCUT2D eigenvalue weighted by molar-refractivity contribution is 9.10. The van der Waals surface area contributed by atoms with Crippen LogP contribution in [-0.4, -0.2) is 15.1 Å². The zero-order valence-electron chi connectivity index (χ0n) is 18.3. The van der Waals surface area contributed by atoms with E-state index in [4.69, 9.17) is 4.43 Å². The minimum atomic E-state index is -0.688. The van der Waals surface area contributed by atoms with E-state index >= 15 is 0 Å². The average molecular weight is 439 g/mol. The number of halogens is 1. The van der Waals surface area contributed by atoms with Crippen LogP contribution < -0.4 is 0 Å². The molecule has 1 nitrogen and oxygen atoms in total. The van der Waals surface area contributed by atoms with Gasteiger partial charge in [0.1, 0.15) is 0 Å². The van der Waals surface area contributed by atoms with E-state index in [9.17, 15) is 0 Å². The molecule has 0 heterocycles. The van der Waals surface area contributed by atoms with Gasteiger partial charge in [-0.05, 0) is 77.8 Å². The molecule has 0 aliphatic heterocycles. The molecule has 2 rings (SSSR count). The molecule has 1 aliphatic rings. The highest BCUT2D eigenvalue weighted by Crippen LogP contribution is 2.47. The van der Waals surface area contributed by atoms with Crippen molar-refractivity contribution in [3.05, 3.63) is 33.3 Å². The van der Waals surface area contributed by atoms with Crippen LogP contribution in [0, 0.1) is 5.41 Å². The smallest absolute Gasteiger partial charge is 0.205 e. The summed E-state index contributed by atoms with van der Waals surface area (Å²) in [4.78, 5) is 0. The van der Waals surface area contributed by atoms with E-state index in [1.807, 2.05) is 0 Å². The molecule has 1 aromatic carbocycles. The fraction of sp³-hybridized carbons (Fsp3) is 0.739. The minimum absolute atomic E-state index is 0.184. The normalized spacial score (nSPS) is 20.1. The minimum Gasteiger partial charge on any atom is -0.414 e. The molecule has 1 aliphatic carbocycles. The van der Waals surface area contributed by atoms with Gasteiger partial charge < -0.3 is 4.43 Å². The topological polar surface area (TPSA) is 9.23 Å². The lowest BCUT2D eigenvalue weighted by molar-refractivity contribution is 0.0787. The van der Waals surface area contributed by atoms with Crippen LogP contribution in [0.4, 0.5) is 0 Å². The Kier molecular flexibility index (Phi) is 6.58. The zero-order valence-corrected chi connectivity index (χ0v) is 20.9. The van der Waals surface area contributed by atoms with Crippen LogP contribution in [0.1, 0.15) is 84.4 Å². The van der Waals surface area contributed by atoms with Gasteiger partial charge >= 0.3 is 0 Å². The molecule has 0 saturated heterocycles. The van der Waals surface area contributed by atoms with Crippen LogP contribution in [0.15, 0.2) is 16.6 Å². The van der Waals surface area contributed by atoms with E-state index in [2.05, 4.69) is 89.6 Å². The first-order valence-corrected chi connectivity index (χ1v) is 13.2. The van der Waals surface area contributed by atoms with Gasteiger partial charge in [0.2, 0.25) is 9.04 Å². The average Bonchev–Trinajstić information content (AvgIpc) is 2.47. The van der Waals surface area contributed by atoms with Gasteiger partial charge in [0.05, 0.1) is 6.10 Å². The van der Waals surface area contributed by atoms with E-state index in [1.165, 1.54) is 28.4 Å². The third kappa shape index (κ3) is 5.02. The fourth-order valence-corrected chi connectivity index (χ4v) is 5.65. The Labute approximate surface area is 172 Å². The first-order chi connectivity index (χ1) is 11.7. The first-order valence-electron chi connectivity index (χ1n) is 10.0. The molecule has 1 atom stereocenters. The largest absolute Gasteiger partial charge is 0.414 e. The SMILES string of the molecule is C[Si](C)OC(CCc1cc2c(cc1Br)C(C)(C)CCC2(C)C)C(C)(C)C. The zero-order chi connectivity index (χ0) is 19.9. The Balaban J connectivity index is 2.31. The van der Waals surface area contributed by atoms with E-state index in [1.54, 1.807) is 5.56 Å². The van der Waals surface area contributed by atoms with Crippen molar-refractivity contribution >= 4 is 25.0 Å². The molecule has 1 aromatic rings. The molecule has 0 spiro atoms. The lowest BCUT2D eigenvalue weighted by atomic mass is 9.63. The maximum absolute atomic E-state index is 6.35. The first kappa shape index (κ1) is 22.2. The highest BCUT2D eigenvalue weighted by Gasteiger charge is 2.37. The van der Waals surface area contributed by atoms with Crippen molar-refractivity contribution in [2.24, 2.45) is 5.41 Å². The number of aryl methyl sites for hydroxylation is 1. The molecule has 0 saturated carbocycles. The van der Waals surface area contributed by atoms with Gasteiger partial charge in [-0.25, -0.2) is 0 Å². The van der Waals surface area contributed by atoms with Gasteiger partial charge in [-0.1, -0.05) is 70.5 Å². The number of hydrogen-bond acceptors (Lipinski definition) is 1. The number of fused-ring (bicyclic) bond motifs is 1. The number of hydrogen-bond donors (Lipinski definition) is 0. The molecule has 1 unspecified atom stereocenters. The van der Waals surface area contributed by atoms with Gasteiger partial charge in [0.25, 0.3) is 0 Å². The lowest BCUT2D eigenvalue weighted by Crippen LogP contribution is -2.34. The molecule has 1 radical (unpaired) electrons. The number of benzene rings is 1. The molecule has 0 fully saturated rings. The second-order valence-electron chi connectivity index (χ2n) is 10.7. The standard InChI is InChI=1S/C23H38BrOSi/c1-21(2,3)20(25-26(8)9)11-10-16-14-17-18(15-19(16)24)23(6,7)13-12-22(17,4)5/h14-15,20H,10-13H2,1-9H3. The summed E-state index contributed by atoms with van der Waals surface area (Å²) in [6.07, 6.45) is 5.00. The van der Waals surface area contributed by atoms with Crippen LogP contribution >= 0.6 is 15.9 Å². The molecular formula is C23H38BrOSi. The predicted octanol–water partition coefficient (Wildman–Crippen LogP) is 7.41. The summed E-state index contributed by atoms with van der Waals surface area (Å²) < 4.78 is 7.62. The fourth-order valence-electron chi connectivity index (χ4n) is 4.06. The molecule has 0 aromatic heterocycles. The van der Waals surface area contributed by atoms with Crippen LogP contribution in [0.3, 0.4) is 0 Å². The maximum atomic E-state index is 6.35. The molecule has 0 amide bonds. The van der Waals surface area contributed by atoms with Gasteiger partial charge in [-0.2, -0.15) is 0 Å². The molecule has 26 heavy (non-hydrogen) atoms. The van der Waals surface area contributed by atoms with E-state index in [0.29, 0.717) is 6.10 Å². The third-order valence-corrected chi connectivity index (χ3v) is 7.53. The van der Waals surface area contributed by atoms with Crippen molar-refractivity contribution in [1.29, 1.82) is 0 Å². The molecule has 147 valence electrons. The van der Waals surface area contributed by atoms with Gasteiger partial charge in [-0.15, -0.1) is 0 Å². The maximum Gasteiger partial charge on any atom is 0.205 e. The molecule has 3 heteroatoms. The van der Waals surface area contributed by atoms with Crippen LogP contribution in [-0.2, 0) is 21.7 Å². The third-order valence-electron chi connectivity index (χ3n) is 6.04. The van der Waals surface area contributed by atoms with Crippen LogP contribution in [0.5, 0.6) is 0 Å². The molecule has 0 bridgehead atoms. The van der Waals surface area contributed by atoms with Crippen molar-refractivity contribution in [3.63, 3.8) is 0 Å². The quantitative estimate of drug-likeness (QED) is 0.435. The van der Waals surface area contributed by atoms with Gasteiger partial charge in [-0.3, -0.25) is 0 Å². The van der Waals surface area contributed by atoms with Crippen molar-refractivity contribution in [1.82, 2.24) is 0 Å². The summed E-state index contributed by atoms with van der Waals surface area (Å²) in [7, 11) is -0.688. The monoisotopic (exact) mass is 437 g/mol. The summed E-state index contributed by atoms with van der Waals surface area (Å²) >= 11 is 3.88. The van der Waals surface area contributed by atoms with Crippen molar-refractivity contribution in [2.75, 3.05) is 0 Å². The Morgan fingerprint density at radius 1 is 1.04 bits per heavy atom. The second-order valence-corrected chi connectivity index (χ2v) is 13.6. The number of rotatable bonds is 5. The van der Waals surface area contributed by atoms with Crippen molar-refractivity contribution in [3.8, 4) is 0 Å². The molecule has 0 N–H and O–H groups in total. The van der Waals surface area contributed by atoms with Crippen LogP contribution in [0.2, 0.25) is 13.1 Å². The summed E-state index contributed by atoms with van der Waals surface area (Å²) in [5.41, 5.74) is 5.24. The van der Waals surface area contributed by atoms with Crippen molar-refractivity contribution in [2.45, 2.75) is 104 Å². The Morgan fingerprint density at radius 3 is 2.00 bits per heavy atom. The summed E-state index contributed by atoms with van der Waals surface area (Å²) in [5.74, 6) is 0. The highest BCUT2D eigenvalue weighted by atomic mass is 79.9. The Morgan fingerprint density at radius 2 is 1.54 bits per heavy atom. The van der Waals surface area contributed by atoms with E-state index in [0.717, 1.165) is 12.8 Å². The molecular weight excluding hydrogens is 400 g/mol. The lowest BCUT2D eigenvalue weighted by Gasteiger charge is -2.42. The predicted molar refractivity (Wildman–Crippen MR) is 120 cm³/mol. The Bertz CT molecular complexity index is 640. The van der Waals surface area contributed by atoms with Gasteiger partial charge in [0, 0.05) is 4.47 Å². The summed E-state index contributed by atoms with van der Waals surface area (Å²) in [5, 5.41) is 0. The van der Waals surface area contributed by atoms with Gasteiger partial charge in [0.15, 0.2) is 0 Å². The Hall–Kier alpha value is -0.123.